The van der Waals surface area contributed by atoms with Crippen molar-refractivity contribution >= 4 is 0 Å². The van der Waals surface area contributed by atoms with E-state index in [1.54, 1.807) is 11.1 Å². The van der Waals surface area contributed by atoms with Crippen molar-refractivity contribution in [2.45, 2.75) is 65.2 Å². The first kappa shape index (κ1) is 10.8. The van der Waals surface area contributed by atoms with Gasteiger partial charge < -0.3 is 4.42 Å². The van der Waals surface area contributed by atoms with Crippen molar-refractivity contribution in [2.24, 2.45) is 0 Å². The van der Waals surface area contributed by atoms with Gasteiger partial charge in [-0.1, -0.05) is 13.8 Å². The van der Waals surface area contributed by atoms with Gasteiger partial charge in [0.1, 0.15) is 11.5 Å². The molecule has 2 aliphatic carbocycles. The Morgan fingerprint density at radius 2 is 1.07 bits per heavy atom. The van der Waals surface area contributed by atoms with Crippen LogP contribution in [-0.2, 0) is 25.7 Å². The van der Waals surface area contributed by atoms with E-state index in [2.05, 4.69) is 0 Å². The summed E-state index contributed by atoms with van der Waals surface area (Å²) < 4.78 is 5.93. The number of hydrogen-bond acceptors (Lipinski definition) is 1. The van der Waals surface area contributed by atoms with Crippen LogP contribution in [0.1, 0.15) is 62.2 Å². The first-order valence-electron chi connectivity index (χ1n) is 6.57. The van der Waals surface area contributed by atoms with Crippen molar-refractivity contribution in [3.05, 3.63) is 22.6 Å². The Labute approximate surface area is 92.9 Å². The van der Waals surface area contributed by atoms with E-state index in [9.17, 15) is 0 Å². The molecule has 0 radical (unpaired) electrons. The Morgan fingerprint density at radius 1 is 0.667 bits per heavy atom. The Hall–Kier alpha value is -0.720. The van der Waals surface area contributed by atoms with Crippen LogP contribution in [0, 0.1) is 0 Å². The maximum Gasteiger partial charge on any atom is 0.107 e. The van der Waals surface area contributed by atoms with Crippen LogP contribution in [0.4, 0.5) is 0 Å². The number of rotatable bonds is 0. The lowest BCUT2D eigenvalue weighted by molar-refractivity contribution is 0.430. The van der Waals surface area contributed by atoms with Gasteiger partial charge in [-0.05, 0) is 49.7 Å². The molecule has 0 N–H and O–H groups in total. The summed E-state index contributed by atoms with van der Waals surface area (Å²) in [5.74, 6) is 2.66. The third kappa shape index (κ3) is 1.97. The van der Waals surface area contributed by atoms with Gasteiger partial charge in [-0.15, -0.1) is 0 Å². The fourth-order valence-corrected chi connectivity index (χ4v) is 2.77. The molecule has 2 aliphatic rings. The fraction of sp³-hybridized carbons (Fsp3) is 0.714. The lowest BCUT2D eigenvalue weighted by atomic mass is 9.89. The molecule has 15 heavy (non-hydrogen) atoms. The smallest absolute Gasteiger partial charge is 0.107 e. The van der Waals surface area contributed by atoms with Crippen LogP contribution in [0.3, 0.4) is 0 Å². The minimum atomic E-state index is 1.20. The predicted octanol–water partition coefficient (Wildman–Crippen LogP) is 4.06. The predicted molar refractivity (Wildman–Crippen MR) is 63.3 cm³/mol. The lowest BCUT2D eigenvalue weighted by Crippen LogP contribution is -2.04. The normalized spacial score (nSPS) is 18.5. The van der Waals surface area contributed by atoms with Gasteiger partial charge in [-0.2, -0.15) is 0 Å². The van der Waals surface area contributed by atoms with E-state index in [0.29, 0.717) is 0 Å². The first-order chi connectivity index (χ1) is 7.45. The van der Waals surface area contributed by atoms with Crippen molar-refractivity contribution in [2.75, 3.05) is 0 Å². The quantitative estimate of drug-likeness (QED) is 0.624. The third-order valence-corrected chi connectivity index (χ3v) is 3.45. The third-order valence-electron chi connectivity index (χ3n) is 3.45. The van der Waals surface area contributed by atoms with E-state index < -0.39 is 0 Å². The molecule has 0 bridgehead atoms. The second-order valence-corrected chi connectivity index (χ2v) is 4.32. The highest BCUT2D eigenvalue weighted by atomic mass is 16.3. The van der Waals surface area contributed by atoms with E-state index in [0.717, 1.165) is 0 Å². The van der Waals surface area contributed by atoms with Gasteiger partial charge in [-0.25, -0.2) is 0 Å². The van der Waals surface area contributed by atoms with Crippen LogP contribution in [0.2, 0.25) is 0 Å². The molecule has 84 valence electrons. The maximum atomic E-state index is 5.93. The standard InChI is InChI=1S/C12H16O.C2H6/c1-3-7-11-9(5-1)10-6-2-4-8-12(10)13-11;1-2/h1-8H2;1-2H3. The van der Waals surface area contributed by atoms with Crippen molar-refractivity contribution in [3.63, 3.8) is 0 Å². The minimum Gasteiger partial charge on any atom is -0.466 e. The SMILES string of the molecule is C1CCc2c(oc3c2CCCC3)C1.CC. The highest BCUT2D eigenvalue weighted by Crippen LogP contribution is 2.34. The molecule has 0 amide bonds. The van der Waals surface area contributed by atoms with Crippen molar-refractivity contribution in [1.82, 2.24) is 0 Å². The zero-order valence-electron chi connectivity index (χ0n) is 10.1. The van der Waals surface area contributed by atoms with E-state index in [1.165, 1.54) is 62.9 Å². The highest BCUT2D eigenvalue weighted by Gasteiger charge is 2.23. The van der Waals surface area contributed by atoms with Gasteiger partial charge in [-0.3, -0.25) is 0 Å². The molecule has 0 unspecified atom stereocenters. The monoisotopic (exact) mass is 206 g/mol. The molecule has 3 rings (SSSR count). The minimum absolute atomic E-state index is 1.20. The zero-order chi connectivity index (χ0) is 10.7. The molecule has 0 atom stereocenters. The molecule has 0 aromatic carbocycles. The summed E-state index contributed by atoms with van der Waals surface area (Å²) in [5.41, 5.74) is 3.20. The van der Waals surface area contributed by atoms with Crippen LogP contribution in [0.25, 0.3) is 0 Å². The molecule has 1 heterocycles. The van der Waals surface area contributed by atoms with Gasteiger partial charge >= 0.3 is 0 Å². The zero-order valence-corrected chi connectivity index (χ0v) is 10.1. The molecule has 0 spiro atoms. The van der Waals surface area contributed by atoms with Crippen LogP contribution in [0.5, 0.6) is 0 Å². The summed E-state index contributed by atoms with van der Waals surface area (Å²) in [5, 5.41) is 0. The number of furan rings is 1. The molecule has 1 nitrogen and oxygen atoms in total. The number of hydrogen-bond donors (Lipinski definition) is 0. The Balaban J connectivity index is 0.000000404. The fourth-order valence-electron chi connectivity index (χ4n) is 2.77. The summed E-state index contributed by atoms with van der Waals surface area (Å²) in [6.45, 7) is 4.00. The van der Waals surface area contributed by atoms with Crippen LogP contribution in [-0.4, -0.2) is 0 Å². The molecule has 1 aromatic rings. The van der Waals surface area contributed by atoms with E-state index in [1.807, 2.05) is 13.8 Å². The Kier molecular flexibility index (Phi) is 3.50. The van der Waals surface area contributed by atoms with Gasteiger partial charge in [0.05, 0.1) is 0 Å². The van der Waals surface area contributed by atoms with Crippen LogP contribution in [0.15, 0.2) is 4.42 Å². The summed E-state index contributed by atoms with van der Waals surface area (Å²) in [6.07, 6.45) is 10.4. The molecule has 1 heteroatoms. The summed E-state index contributed by atoms with van der Waals surface area (Å²) in [4.78, 5) is 0. The van der Waals surface area contributed by atoms with Gasteiger partial charge in [0.15, 0.2) is 0 Å². The van der Waals surface area contributed by atoms with Crippen molar-refractivity contribution in [3.8, 4) is 0 Å². The average molecular weight is 206 g/mol. The van der Waals surface area contributed by atoms with Gasteiger partial charge in [0, 0.05) is 12.8 Å². The van der Waals surface area contributed by atoms with Crippen molar-refractivity contribution in [1.29, 1.82) is 0 Å². The van der Waals surface area contributed by atoms with Gasteiger partial charge in [0.25, 0.3) is 0 Å². The lowest BCUT2D eigenvalue weighted by Gasteiger charge is -2.12. The van der Waals surface area contributed by atoms with Crippen molar-refractivity contribution < 1.29 is 4.42 Å². The molecule has 0 aliphatic heterocycles. The number of fused-ring (bicyclic) bond motifs is 3. The summed E-state index contributed by atoms with van der Waals surface area (Å²) in [6, 6.07) is 0. The topological polar surface area (TPSA) is 13.1 Å². The average Bonchev–Trinajstić information content (AvgIpc) is 2.70. The van der Waals surface area contributed by atoms with Crippen LogP contribution >= 0.6 is 0 Å². The summed E-state index contributed by atoms with van der Waals surface area (Å²) in [7, 11) is 0. The summed E-state index contributed by atoms with van der Waals surface area (Å²) >= 11 is 0. The second kappa shape index (κ2) is 4.87. The Bertz CT molecular complexity index is 292. The molecule has 0 saturated heterocycles. The number of aryl methyl sites for hydroxylation is 2. The van der Waals surface area contributed by atoms with E-state index >= 15 is 0 Å². The van der Waals surface area contributed by atoms with Gasteiger partial charge in [0.2, 0.25) is 0 Å². The van der Waals surface area contributed by atoms with Crippen LogP contribution < -0.4 is 0 Å². The Morgan fingerprint density at radius 3 is 1.53 bits per heavy atom. The maximum absolute atomic E-state index is 5.93. The largest absolute Gasteiger partial charge is 0.466 e. The molecule has 0 saturated carbocycles. The molecular weight excluding hydrogens is 184 g/mol. The second-order valence-electron chi connectivity index (χ2n) is 4.32. The first-order valence-corrected chi connectivity index (χ1v) is 6.57. The molecular formula is C14H22O. The van der Waals surface area contributed by atoms with E-state index in [-0.39, 0.29) is 0 Å². The molecule has 1 aromatic heterocycles. The van der Waals surface area contributed by atoms with E-state index in [4.69, 9.17) is 4.42 Å². The highest BCUT2D eigenvalue weighted by molar-refractivity contribution is 5.36. The molecule has 0 fully saturated rings.